The third kappa shape index (κ3) is 5.30. The van der Waals surface area contributed by atoms with Gasteiger partial charge in [-0.1, -0.05) is 42.5 Å². The van der Waals surface area contributed by atoms with E-state index in [2.05, 4.69) is 5.32 Å². The number of fused-ring (bicyclic) bond motifs is 1. The molecular weight excluding hydrogens is 468 g/mol. The normalized spacial score (nSPS) is 15.5. The van der Waals surface area contributed by atoms with Crippen molar-refractivity contribution in [2.24, 2.45) is 0 Å². The summed E-state index contributed by atoms with van der Waals surface area (Å²) in [6.45, 7) is 0.147. The van der Waals surface area contributed by atoms with Crippen LogP contribution in [0.5, 0.6) is 17.2 Å². The van der Waals surface area contributed by atoms with Crippen LogP contribution in [0.3, 0.4) is 0 Å². The Morgan fingerprint density at radius 2 is 1.83 bits per heavy atom. The molecule has 0 bridgehead atoms. The van der Waals surface area contributed by atoms with Gasteiger partial charge in [0.25, 0.3) is 11.1 Å². The number of anilines is 1. The van der Waals surface area contributed by atoms with Gasteiger partial charge in [-0.2, -0.15) is 0 Å². The molecule has 5 rings (SSSR count). The molecule has 2 aliphatic heterocycles. The van der Waals surface area contributed by atoms with E-state index in [4.69, 9.17) is 14.2 Å². The lowest BCUT2D eigenvalue weighted by molar-refractivity contribution is -0.127. The fourth-order valence-corrected chi connectivity index (χ4v) is 4.38. The highest BCUT2D eigenvalue weighted by molar-refractivity contribution is 8.18. The number of carbonyl (C=O) groups excluding carboxylic acids is 3. The fourth-order valence-electron chi connectivity index (χ4n) is 3.54. The van der Waals surface area contributed by atoms with Crippen LogP contribution in [-0.4, -0.2) is 35.3 Å². The quantitative estimate of drug-likeness (QED) is 0.483. The lowest BCUT2D eigenvalue weighted by Crippen LogP contribution is -2.36. The van der Waals surface area contributed by atoms with E-state index in [1.807, 2.05) is 48.5 Å². The largest absolute Gasteiger partial charge is 0.489 e. The first-order chi connectivity index (χ1) is 17.0. The summed E-state index contributed by atoms with van der Waals surface area (Å²) < 4.78 is 16.4. The zero-order valence-corrected chi connectivity index (χ0v) is 19.2. The lowest BCUT2D eigenvalue weighted by atomic mass is 10.2. The van der Waals surface area contributed by atoms with Crippen molar-refractivity contribution in [2.75, 3.05) is 18.7 Å². The lowest BCUT2D eigenvalue weighted by Gasteiger charge is -2.12. The number of carbonyl (C=O) groups is 3. The molecule has 1 N–H and O–H groups in total. The molecule has 0 unspecified atom stereocenters. The smallest absolute Gasteiger partial charge is 0.294 e. The molecular formula is C26H20N2O6S. The van der Waals surface area contributed by atoms with Crippen LogP contribution >= 0.6 is 11.8 Å². The van der Waals surface area contributed by atoms with Crippen LogP contribution in [0.15, 0.2) is 77.7 Å². The van der Waals surface area contributed by atoms with Crippen LogP contribution < -0.4 is 19.5 Å². The second-order valence-electron chi connectivity index (χ2n) is 7.73. The summed E-state index contributed by atoms with van der Waals surface area (Å²) >= 11 is 0.798. The van der Waals surface area contributed by atoms with Crippen molar-refractivity contribution in [1.82, 2.24) is 4.90 Å². The minimum atomic E-state index is -0.517. The summed E-state index contributed by atoms with van der Waals surface area (Å²) in [7, 11) is 0. The molecule has 9 heteroatoms. The van der Waals surface area contributed by atoms with Gasteiger partial charge in [-0.05, 0) is 53.2 Å². The number of benzene rings is 3. The van der Waals surface area contributed by atoms with Crippen LogP contribution in [0, 0.1) is 0 Å². The van der Waals surface area contributed by atoms with Crippen molar-refractivity contribution in [3.63, 3.8) is 0 Å². The molecule has 0 aliphatic carbocycles. The van der Waals surface area contributed by atoms with Crippen LogP contribution in [0.25, 0.3) is 6.08 Å². The van der Waals surface area contributed by atoms with E-state index in [9.17, 15) is 14.4 Å². The summed E-state index contributed by atoms with van der Waals surface area (Å²) in [5.74, 6) is 0.741. The van der Waals surface area contributed by atoms with Crippen molar-refractivity contribution < 1.29 is 28.6 Å². The average molecular weight is 489 g/mol. The van der Waals surface area contributed by atoms with Crippen molar-refractivity contribution in [3.8, 4) is 17.2 Å². The summed E-state index contributed by atoms with van der Waals surface area (Å²) in [6.07, 6.45) is 1.62. The molecule has 8 nitrogen and oxygen atoms in total. The van der Waals surface area contributed by atoms with E-state index >= 15 is 0 Å². The van der Waals surface area contributed by atoms with E-state index in [-0.39, 0.29) is 11.7 Å². The molecule has 3 amide bonds. The maximum Gasteiger partial charge on any atom is 0.294 e. The summed E-state index contributed by atoms with van der Waals surface area (Å²) in [5.41, 5.74) is 2.23. The van der Waals surface area contributed by atoms with Gasteiger partial charge in [0.15, 0.2) is 11.5 Å². The number of nitrogens with zero attached hydrogens (tertiary/aromatic N) is 1. The zero-order chi connectivity index (χ0) is 24.2. The molecule has 35 heavy (non-hydrogen) atoms. The first kappa shape index (κ1) is 22.5. The van der Waals surface area contributed by atoms with Gasteiger partial charge >= 0.3 is 0 Å². The Hall–Kier alpha value is -4.24. The SMILES string of the molecule is O=C(CN1C(=O)SC(=Cc2cccc(OCc3ccccc3)c2)C1=O)Nc1ccc2c(c1)OCO2. The molecule has 1 saturated heterocycles. The number of hydrogen-bond donors (Lipinski definition) is 1. The number of thioether (sulfide) groups is 1. The molecule has 1 fully saturated rings. The maximum atomic E-state index is 12.8. The van der Waals surface area contributed by atoms with E-state index in [0.29, 0.717) is 35.1 Å². The molecule has 2 aliphatic rings. The van der Waals surface area contributed by atoms with Crippen LogP contribution in [0.2, 0.25) is 0 Å². The minimum absolute atomic E-state index is 0.123. The number of nitrogens with one attached hydrogen (secondary N) is 1. The Kier molecular flexibility index (Phi) is 6.40. The van der Waals surface area contributed by atoms with E-state index < -0.39 is 23.6 Å². The molecule has 0 atom stereocenters. The number of ether oxygens (including phenoxy) is 3. The highest BCUT2D eigenvalue weighted by Gasteiger charge is 2.36. The van der Waals surface area contributed by atoms with Crippen LogP contribution in [0.1, 0.15) is 11.1 Å². The standard InChI is InChI=1S/C26H20N2O6S/c29-24(27-19-9-10-21-22(13-19)34-16-33-21)14-28-25(30)23(35-26(28)31)12-18-7-4-8-20(11-18)32-15-17-5-2-1-3-6-17/h1-13H,14-16H2,(H,27,29). The number of amides is 3. The number of hydrogen-bond acceptors (Lipinski definition) is 7. The Bertz CT molecular complexity index is 1320. The minimum Gasteiger partial charge on any atom is -0.489 e. The van der Waals surface area contributed by atoms with Crippen molar-refractivity contribution in [1.29, 1.82) is 0 Å². The van der Waals surface area contributed by atoms with Gasteiger partial charge in [0, 0.05) is 11.8 Å². The third-order valence-corrected chi connectivity index (χ3v) is 6.14. The highest BCUT2D eigenvalue weighted by Crippen LogP contribution is 2.35. The molecule has 0 aromatic heterocycles. The highest BCUT2D eigenvalue weighted by atomic mass is 32.2. The third-order valence-electron chi connectivity index (χ3n) is 5.24. The molecule has 0 radical (unpaired) electrons. The van der Waals surface area contributed by atoms with Gasteiger partial charge < -0.3 is 19.5 Å². The van der Waals surface area contributed by atoms with Crippen molar-refractivity contribution >= 4 is 40.6 Å². The molecule has 176 valence electrons. The Morgan fingerprint density at radius 1 is 1.00 bits per heavy atom. The van der Waals surface area contributed by atoms with E-state index in [0.717, 1.165) is 22.2 Å². The molecule has 0 saturated carbocycles. The Labute approximate surface area is 205 Å². The van der Waals surface area contributed by atoms with Gasteiger partial charge in [-0.25, -0.2) is 0 Å². The van der Waals surface area contributed by atoms with E-state index in [1.165, 1.54) is 0 Å². The molecule has 0 spiro atoms. The summed E-state index contributed by atoms with van der Waals surface area (Å²) in [4.78, 5) is 38.9. The second-order valence-corrected chi connectivity index (χ2v) is 8.72. The van der Waals surface area contributed by atoms with Crippen LogP contribution in [-0.2, 0) is 16.2 Å². The monoisotopic (exact) mass is 488 g/mol. The van der Waals surface area contributed by atoms with Crippen molar-refractivity contribution in [3.05, 3.63) is 88.8 Å². The van der Waals surface area contributed by atoms with Gasteiger partial charge in [0.05, 0.1) is 4.91 Å². The predicted octanol–water partition coefficient (Wildman–Crippen LogP) is 4.67. The van der Waals surface area contributed by atoms with Gasteiger partial charge in [-0.3, -0.25) is 19.3 Å². The van der Waals surface area contributed by atoms with Gasteiger partial charge in [0.2, 0.25) is 12.7 Å². The number of rotatable bonds is 7. The van der Waals surface area contributed by atoms with Gasteiger partial charge in [-0.15, -0.1) is 0 Å². The topological polar surface area (TPSA) is 94.2 Å². The zero-order valence-electron chi connectivity index (χ0n) is 18.4. The average Bonchev–Trinajstić information content (AvgIpc) is 3.43. The molecule has 3 aromatic rings. The second kappa shape index (κ2) is 9.94. The molecule has 3 aromatic carbocycles. The predicted molar refractivity (Wildman–Crippen MR) is 131 cm³/mol. The Balaban J connectivity index is 1.22. The first-order valence-corrected chi connectivity index (χ1v) is 11.6. The maximum absolute atomic E-state index is 12.8. The summed E-state index contributed by atoms with van der Waals surface area (Å²) in [6, 6.07) is 22.0. The van der Waals surface area contributed by atoms with E-state index in [1.54, 1.807) is 30.3 Å². The first-order valence-electron chi connectivity index (χ1n) is 10.8. The fraction of sp³-hybridized carbons (Fsp3) is 0.115. The summed E-state index contributed by atoms with van der Waals surface area (Å²) in [5, 5.41) is 2.17. The van der Waals surface area contributed by atoms with Crippen LogP contribution in [0.4, 0.5) is 10.5 Å². The Morgan fingerprint density at radius 3 is 2.69 bits per heavy atom. The molecule has 2 heterocycles. The number of imide groups is 1. The van der Waals surface area contributed by atoms with Crippen molar-refractivity contribution in [2.45, 2.75) is 6.61 Å². The van der Waals surface area contributed by atoms with Gasteiger partial charge in [0.1, 0.15) is 18.9 Å².